The number of aryl methyl sites for hydroxylation is 1. The van der Waals surface area contributed by atoms with Crippen LogP contribution in [0.2, 0.25) is 0 Å². The molecule has 0 spiro atoms. The summed E-state index contributed by atoms with van der Waals surface area (Å²) in [5.41, 5.74) is 8.65. The van der Waals surface area contributed by atoms with Crippen LogP contribution < -0.4 is 11.2 Å². The van der Waals surface area contributed by atoms with Crippen LogP contribution in [0.25, 0.3) is 0 Å². The second-order valence-electron chi connectivity index (χ2n) is 2.93. The Hall–Kier alpha value is -1.33. The first-order valence-corrected chi connectivity index (χ1v) is 4.50. The number of rotatable bonds is 6. The van der Waals surface area contributed by atoms with Crippen LogP contribution in [0.4, 0.5) is 0 Å². The highest BCUT2D eigenvalue weighted by Crippen LogP contribution is 2.00. The van der Waals surface area contributed by atoms with Crippen molar-refractivity contribution in [3.63, 3.8) is 0 Å². The molecule has 5 nitrogen and oxygen atoms in total. The van der Waals surface area contributed by atoms with E-state index in [0.717, 1.165) is 12.1 Å². The Morgan fingerprint density at radius 2 is 2.50 bits per heavy atom. The summed E-state index contributed by atoms with van der Waals surface area (Å²) in [6, 6.07) is 1.99. The van der Waals surface area contributed by atoms with Crippen LogP contribution in [0.15, 0.2) is 18.5 Å². The molecule has 3 N–H and O–H groups in total. The lowest BCUT2D eigenvalue weighted by molar-refractivity contribution is -0.125. The van der Waals surface area contributed by atoms with Gasteiger partial charge in [-0.1, -0.05) is 0 Å². The molecule has 14 heavy (non-hydrogen) atoms. The minimum atomic E-state index is -0.483. The summed E-state index contributed by atoms with van der Waals surface area (Å²) >= 11 is 0. The van der Waals surface area contributed by atoms with E-state index in [4.69, 9.17) is 10.6 Å². The van der Waals surface area contributed by atoms with E-state index in [0.29, 0.717) is 6.54 Å². The maximum atomic E-state index is 10.3. The zero-order valence-corrected chi connectivity index (χ0v) is 8.19. The molecule has 78 valence electrons. The summed E-state index contributed by atoms with van der Waals surface area (Å²) in [6.45, 7) is 3.48. The van der Waals surface area contributed by atoms with E-state index in [1.54, 1.807) is 0 Å². The fourth-order valence-corrected chi connectivity index (χ4v) is 1.05. The molecule has 1 rings (SSSR count). The standard InChI is InChI=1S/C9H15N3O2/c1-2-12-4-3-8(6-12)5-11-14-7-9(10)13/h3-4,6,11H,2,5,7H2,1H3,(H2,10,13). The molecule has 0 unspecified atom stereocenters. The fraction of sp³-hybridized carbons (Fsp3) is 0.444. The molecule has 1 heterocycles. The van der Waals surface area contributed by atoms with Crippen molar-refractivity contribution in [2.24, 2.45) is 5.73 Å². The molecule has 0 aliphatic carbocycles. The second kappa shape index (κ2) is 5.41. The van der Waals surface area contributed by atoms with Gasteiger partial charge in [0.1, 0.15) is 6.61 Å². The molecule has 0 saturated carbocycles. The van der Waals surface area contributed by atoms with Gasteiger partial charge in [-0.25, -0.2) is 0 Å². The molecule has 0 aliphatic rings. The SMILES string of the molecule is CCn1ccc(CNOCC(N)=O)c1. The van der Waals surface area contributed by atoms with Crippen molar-refractivity contribution in [3.05, 3.63) is 24.0 Å². The van der Waals surface area contributed by atoms with Crippen molar-refractivity contribution in [2.75, 3.05) is 6.61 Å². The Bertz CT molecular complexity index is 296. The third-order valence-electron chi connectivity index (χ3n) is 1.77. The van der Waals surface area contributed by atoms with Crippen LogP contribution in [0.3, 0.4) is 0 Å². The molecule has 0 aromatic carbocycles. The molecule has 0 fully saturated rings. The predicted octanol–water partition coefficient (Wildman–Crippen LogP) is 0.0145. The third-order valence-corrected chi connectivity index (χ3v) is 1.77. The number of nitrogens with zero attached hydrogens (tertiary/aromatic N) is 1. The summed E-state index contributed by atoms with van der Waals surface area (Å²) in [5.74, 6) is -0.483. The summed E-state index contributed by atoms with van der Waals surface area (Å²) in [4.78, 5) is 15.1. The largest absolute Gasteiger partial charge is 0.368 e. The predicted molar refractivity (Wildman–Crippen MR) is 52.1 cm³/mol. The summed E-state index contributed by atoms with van der Waals surface area (Å²) < 4.78 is 2.06. The van der Waals surface area contributed by atoms with E-state index < -0.39 is 5.91 Å². The number of hydroxylamine groups is 1. The smallest absolute Gasteiger partial charge is 0.245 e. The molecule has 1 amide bonds. The molecule has 0 bridgehead atoms. The van der Waals surface area contributed by atoms with Crippen LogP contribution in [0.1, 0.15) is 12.5 Å². The molecule has 0 saturated heterocycles. The van der Waals surface area contributed by atoms with Crippen molar-refractivity contribution < 1.29 is 9.63 Å². The molecule has 0 atom stereocenters. The van der Waals surface area contributed by atoms with Crippen LogP contribution in [-0.2, 0) is 22.7 Å². The highest BCUT2D eigenvalue weighted by atomic mass is 16.6. The Balaban J connectivity index is 2.21. The Morgan fingerprint density at radius 1 is 1.71 bits per heavy atom. The van der Waals surface area contributed by atoms with E-state index in [9.17, 15) is 4.79 Å². The molecular formula is C9H15N3O2. The maximum Gasteiger partial charge on any atom is 0.245 e. The quantitative estimate of drug-likeness (QED) is 0.498. The average molecular weight is 197 g/mol. The van der Waals surface area contributed by atoms with Crippen molar-refractivity contribution >= 4 is 5.91 Å². The zero-order chi connectivity index (χ0) is 10.4. The third kappa shape index (κ3) is 3.59. The van der Waals surface area contributed by atoms with Gasteiger partial charge in [0, 0.05) is 25.5 Å². The highest BCUT2D eigenvalue weighted by Gasteiger charge is 1.96. The summed E-state index contributed by atoms with van der Waals surface area (Å²) in [7, 11) is 0. The summed E-state index contributed by atoms with van der Waals surface area (Å²) in [5, 5.41) is 0. The number of amides is 1. The first-order valence-electron chi connectivity index (χ1n) is 4.50. The number of aromatic nitrogens is 1. The summed E-state index contributed by atoms with van der Waals surface area (Å²) in [6.07, 6.45) is 4.01. The number of nitrogens with one attached hydrogen (secondary N) is 1. The molecule has 0 radical (unpaired) electrons. The first-order chi connectivity index (χ1) is 6.72. The van der Waals surface area contributed by atoms with E-state index in [1.807, 2.05) is 18.5 Å². The second-order valence-corrected chi connectivity index (χ2v) is 2.93. The van der Waals surface area contributed by atoms with Gasteiger partial charge < -0.3 is 10.3 Å². The average Bonchev–Trinajstić information content (AvgIpc) is 2.60. The monoisotopic (exact) mass is 197 g/mol. The van der Waals surface area contributed by atoms with Crippen molar-refractivity contribution in [2.45, 2.75) is 20.0 Å². The topological polar surface area (TPSA) is 69.3 Å². The first kappa shape index (κ1) is 10.7. The lowest BCUT2D eigenvalue weighted by atomic mass is 10.3. The number of carbonyl (C=O) groups is 1. The van der Waals surface area contributed by atoms with Gasteiger partial charge >= 0.3 is 0 Å². The van der Waals surface area contributed by atoms with Gasteiger partial charge in [-0.05, 0) is 18.6 Å². The minimum Gasteiger partial charge on any atom is -0.368 e. The van der Waals surface area contributed by atoms with Crippen LogP contribution in [0, 0.1) is 0 Å². The van der Waals surface area contributed by atoms with E-state index in [2.05, 4.69) is 17.0 Å². The van der Waals surface area contributed by atoms with Gasteiger partial charge in [-0.2, -0.15) is 5.48 Å². The molecule has 1 aromatic heterocycles. The number of hydrogen-bond donors (Lipinski definition) is 2. The Labute approximate surface area is 82.8 Å². The number of carbonyl (C=O) groups excluding carboxylic acids is 1. The normalized spacial score (nSPS) is 10.4. The molecule has 5 heteroatoms. The molecule has 1 aromatic rings. The van der Waals surface area contributed by atoms with E-state index in [-0.39, 0.29) is 6.61 Å². The molecular weight excluding hydrogens is 182 g/mol. The van der Waals surface area contributed by atoms with Crippen LogP contribution in [0.5, 0.6) is 0 Å². The van der Waals surface area contributed by atoms with Gasteiger partial charge in [-0.3, -0.25) is 9.63 Å². The van der Waals surface area contributed by atoms with Crippen LogP contribution in [-0.4, -0.2) is 17.1 Å². The number of hydrogen-bond acceptors (Lipinski definition) is 3. The van der Waals surface area contributed by atoms with Crippen molar-refractivity contribution in [3.8, 4) is 0 Å². The van der Waals surface area contributed by atoms with Gasteiger partial charge in [0.2, 0.25) is 5.91 Å². The van der Waals surface area contributed by atoms with E-state index in [1.165, 1.54) is 0 Å². The minimum absolute atomic E-state index is 0.103. The van der Waals surface area contributed by atoms with Crippen molar-refractivity contribution in [1.82, 2.24) is 10.0 Å². The van der Waals surface area contributed by atoms with Gasteiger partial charge in [0.25, 0.3) is 0 Å². The Morgan fingerprint density at radius 3 is 3.07 bits per heavy atom. The zero-order valence-electron chi connectivity index (χ0n) is 8.19. The number of nitrogens with two attached hydrogens (primary N) is 1. The highest BCUT2D eigenvalue weighted by molar-refractivity contribution is 5.74. The molecule has 0 aliphatic heterocycles. The van der Waals surface area contributed by atoms with Gasteiger partial charge in [0.15, 0.2) is 0 Å². The Kier molecular flexibility index (Phi) is 4.15. The van der Waals surface area contributed by atoms with Crippen molar-refractivity contribution in [1.29, 1.82) is 0 Å². The van der Waals surface area contributed by atoms with Crippen LogP contribution >= 0.6 is 0 Å². The van der Waals surface area contributed by atoms with Gasteiger partial charge in [-0.15, -0.1) is 0 Å². The lowest BCUT2D eigenvalue weighted by Gasteiger charge is -2.01. The number of primary amides is 1. The lowest BCUT2D eigenvalue weighted by Crippen LogP contribution is -2.24. The van der Waals surface area contributed by atoms with Gasteiger partial charge in [0.05, 0.1) is 0 Å². The fourth-order valence-electron chi connectivity index (χ4n) is 1.05. The van der Waals surface area contributed by atoms with E-state index >= 15 is 0 Å². The maximum absolute atomic E-state index is 10.3.